The molecule has 0 aromatic carbocycles. The van der Waals surface area contributed by atoms with Crippen LogP contribution < -0.4 is 4.90 Å². The van der Waals surface area contributed by atoms with Crippen molar-refractivity contribution >= 4 is 5.82 Å². The van der Waals surface area contributed by atoms with E-state index in [1.165, 1.54) is 12.8 Å². The molecular formula is C16H20N6. The Bertz CT molecular complexity index is 619. The van der Waals surface area contributed by atoms with E-state index in [1.54, 1.807) is 12.4 Å². The summed E-state index contributed by atoms with van der Waals surface area (Å²) in [5.74, 6) is 2.53. The van der Waals surface area contributed by atoms with Gasteiger partial charge in [-0.25, -0.2) is 9.97 Å². The molecule has 4 rings (SSSR count). The maximum absolute atomic E-state index is 4.37. The van der Waals surface area contributed by atoms with E-state index < -0.39 is 0 Å². The highest BCUT2D eigenvalue weighted by Gasteiger charge is 2.32. The maximum atomic E-state index is 4.37. The molecule has 1 aliphatic carbocycles. The molecule has 114 valence electrons. The van der Waals surface area contributed by atoms with Crippen molar-refractivity contribution in [2.45, 2.75) is 31.3 Å². The summed E-state index contributed by atoms with van der Waals surface area (Å²) in [7, 11) is 2.13. The lowest BCUT2D eigenvalue weighted by Gasteiger charge is -2.44. The van der Waals surface area contributed by atoms with Crippen LogP contribution in [0.2, 0.25) is 0 Å². The van der Waals surface area contributed by atoms with Crippen molar-refractivity contribution in [3.8, 4) is 0 Å². The highest BCUT2D eigenvalue weighted by atomic mass is 15.4. The predicted molar refractivity (Wildman–Crippen MR) is 83.5 cm³/mol. The molecule has 6 heteroatoms. The Balaban J connectivity index is 1.31. The summed E-state index contributed by atoms with van der Waals surface area (Å²) in [6.07, 6.45) is 6.12. The van der Waals surface area contributed by atoms with E-state index in [0.29, 0.717) is 12.0 Å². The third-order valence-corrected chi connectivity index (χ3v) is 4.49. The van der Waals surface area contributed by atoms with E-state index in [2.05, 4.69) is 49.1 Å². The van der Waals surface area contributed by atoms with Gasteiger partial charge in [0.25, 0.3) is 0 Å². The van der Waals surface area contributed by atoms with Crippen LogP contribution in [0.25, 0.3) is 0 Å². The molecule has 0 spiro atoms. The van der Waals surface area contributed by atoms with Crippen LogP contribution in [0.1, 0.15) is 30.3 Å². The molecule has 6 nitrogen and oxygen atoms in total. The number of likely N-dealkylation sites (N-methyl/N-ethyl adjacent to an activating group) is 1. The van der Waals surface area contributed by atoms with Gasteiger partial charge in [-0.3, -0.25) is 4.90 Å². The highest BCUT2D eigenvalue weighted by molar-refractivity contribution is 5.42. The Morgan fingerprint density at radius 1 is 1.14 bits per heavy atom. The first kappa shape index (κ1) is 13.6. The first-order valence-corrected chi connectivity index (χ1v) is 7.84. The minimum atomic E-state index is 0.522. The lowest BCUT2D eigenvalue weighted by Crippen LogP contribution is -2.58. The summed E-state index contributed by atoms with van der Waals surface area (Å²) in [5.41, 5.74) is 1.15. The van der Waals surface area contributed by atoms with Crippen LogP contribution in [0.3, 0.4) is 0 Å². The third kappa shape index (κ3) is 2.78. The average molecular weight is 296 g/mol. The van der Waals surface area contributed by atoms with E-state index in [0.717, 1.165) is 37.0 Å². The van der Waals surface area contributed by atoms with Crippen molar-refractivity contribution in [1.29, 1.82) is 0 Å². The molecule has 2 aromatic heterocycles. The SMILES string of the molecule is CN(Cc1ncccn1)C1CN(c2ccc(C3CC3)nn2)C1. The van der Waals surface area contributed by atoms with Gasteiger partial charge >= 0.3 is 0 Å². The molecule has 3 heterocycles. The van der Waals surface area contributed by atoms with E-state index in [9.17, 15) is 0 Å². The molecule has 2 fully saturated rings. The lowest BCUT2D eigenvalue weighted by molar-refractivity contribution is 0.192. The largest absolute Gasteiger partial charge is 0.352 e. The average Bonchev–Trinajstić information content (AvgIpc) is 3.32. The van der Waals surface area contributed by atoms with Gasteiger partial charge in [-0.05, 0) is 38.1 Å². The van der Waals surface area contributed by atoms with Crippen molar-refractivity contribution in [2.75, 3.05) is 25.0 Å². The van der Waals surface area contributed by atoms with Crippen LogP contribution in [-0.2, 0) is 6.54 Å². The summed E-state index contributed by atoms with van der Waals surface area (Å²) in [6, 6.07) is 6.61. The van der Waals surface area contributed by atoms with Crippen molar-refractivity contribution in [2.24, 2.45) is 0 Å². The quantitative estimate of drug-likeness (QED) is 0.832. The van der Waals surface area contributed by atoms with Crippen LogP contribution in [0.15, 0.2) is 30.6 Å². The van der Waals surface area contributed by atoms with Gasteiger partial charge in [0.1, 0.15) is 5.82 Å². The van der Waals surface area contributed by atoms with Gasteiger partial charge in [-0.2, -0.15) is 5.10 Å². The second-order valence-corrected chi connectivity index (χ2v) is 6.23. The Labute approximate surface area is 130 Å². The van der Waals surface area contributed by atoms with Gasteiger partial charge < -0.3 is 4.90 Å². The molecule has 0 unspecified atom stereocenters. The number of rotatable bonds is 5. The van der Waals surface area contributed by atoms with Gasteiger partial charge in [0.05, 0.1) is 12.2 Å². The van der Waals surface area contributed by atoms with E-state index >= 15 is 0 Å². The Hall–Kier alpha value is -2.08. The van der Waals surface area contributed by atoms with Crippen molar-refractivity contribution in [1.82, 2.24) is 25.1 Å². The van der Waals surface area contributed by atoms with Gasteiger partial charge in [0.2, 0.25) is 0 Å². The zero-order valence-corrected chi connectivity index (χ0v) is 12.8. The molecule has 0 amide bonds. The second-order valence-electron chi connectivity index (χ2n) is 6.23. The maximum Gasteiger partial charge on any atom is 0.151 e. The fourth-order valence-electron chi connectivity index (χ4n) is 2.79. The fraction of sp³-hybridized carbons (Fsp3) is 0.500. The molecule has 0 radical (unpaired) electrons. The highest BCUT2D eigenvalue weighted by Crippen LogP contribution is 2.38. The number of anilines is 1. The van der Waals surface area contributed by atoms with E-state index in [1.807, 2.05) is 6.07 Å². The Kier molecular flexibility index (Phi) is 3.46. The number of hydrogen-bond donors (Lipinski definition) is 0. The molecule has 2 aliphatic rings. The Morgan fingerprint density at radius 3 is 2.55 bits per heavy atom. The normalized spacial score (nSPS) is 18.5. The van der Waals surface area contributed by atoms with Gasteiger partial charge in [-0.15, -0.1) is 5.10 Å². The van der Waals surface area contributed by atoms with Crippen LogP contribution in [0.4, 0.5) is 5.82 Å². The number of aromatic nitrogens is 4. The second kappa shape index (κ2) is 5.61. The van der Waals surface area contributed by atoms with Crippen LogP contribution in [0.5, 0.6) is 0 Å². The molecule has 1 saturated heterocycles. The molecular weight excluding hydrogens is 276 g/mol. The smallest absolute Gasteiger partial charge is 0.151 e. The topological polar surface area (TPSA) is 58.0 Å². The minimum absolute atomic E-state index is 0.522. The molecule has 22 heavy (non-hydrogen) atoms. The lowest BCUT2D eigenvalue weighted by atomic mass is 10.1. The van der Waals surface area contributed by atoms with Gasteiger partial charge in [0, 0.05) is 37.4 Å². The predicted octanol–water partition coefficient (Wildman–Crippen LogP) is 1.46. The van der Waals surface area contributed by atoms with Crippen LogP contribution in [-0.4, -0.2) is 51.2 Å². The van der Waals surface area contributed by atoms with Crippen molar-refractivity contribution in [3.05, 3.63) is 42.1 Å². The zero-order chi connectivity index (χ0) is 14.9. The zero-order valence-electron chi connectivity index (χ0n) is 12.8. The summed E-state index contributed by atoms with van der Waals surface area (Å²) in [5, 5.41) is 8.73. The third-order valence-electron chi connectivity index (χ3n) is 4.49. The van der Waals surface area contributed by atoms with Gasteiger partial charge in [-0.1, -0.05) is 0 Å². The van der Waals surface area contributed by atoms with Crippen molar-refractivity contribution in [3.63, 3.8) is 0 Å². The molecule has 0 bridgehead atoms. The summed E-state index contributed by atoms with van der Waals surface area (Å²) in [4.78, 5) is 13.1. The number of nitrogens with zero attached hydrogens (tertiary/aromatic N) is 6. The first-order chi connectivity index (χ1) is 10.8. The fourth-order valence-corrected chi connectivity index (χ4v) is 2.79. The summed E-state index contributed by atoms with van der Waals surface area (Å²) in [6.45, 7) is 2.76. The first-order valence-electron chi connectivity index (χ1n) is 7.84. The number of hydrogen-bond acceptors (Lipinski definition) is 6. The van der Waals surface area contributed by atoms with E-state index in [-0.39, 0.29) is 0 Å². The van der Waals surface area contributed by atoms with Crippen LogP contribution in [0, 0.1) is 0 Å². The standard InChI is InChI=1S/C16H20N6/c1-21(11-15-17-7-2-8-18-15)13-9-22(10-13)16-6-5-14(19-20-16)12-3-4-12/h2,5-8,12-13H,3-4,9-11H2,1H3. The minimum Gasteiger partial charge on any atom is -0.352 e. The van der Waals surface area contributed by atoms with Crippen LogP contribution >= 0.6 is 0 Å². The molecule has 1 aliphatic heterocycles. The summed E-state index contributed by atoms with van der Waals surface area (Å²) >= 11 is 0. The van der Waals surface area contributed by atoms with Crippen molar-refractivity contribution < 1.29 is 0 Å². The monoisotopic (exact) mass is 296 g/mol. The molecule has 2 aromatic rings. The molecule has 0 atom stereocenters. The van der Waals surface area contributed by atoms with Gasteiger partial charge in [0.15, 0.2) is 5.82 Å². The Morgan fingerprint density at radius 2 is 1.91 bits per heavy atom. The molecule has 0 N–H and O–H groups in total. The molecule has 1 saturated carbocycles. The van der Waals surface area contributed by atoms with E-state index in [4.69, 9.17) is 0 Å². The summed E-state index contributed by atoms with van der Waals surface area (Å²) < 4.78 is 0.